The van der Waals surface area contributed by atoms with Gasteiger partial charge >= 0.3 is 0 Å². The second-order valence-corrected chi connectivity index (χ2v) is 9.42. The maximum atomic E-state index is 12.6. The van der Waals surface area contributed by atoms with Crippen molar-refractivity contribution in [1.29, 1.82) is 0 Å². The van der Waals surface area contributed by atoms with Crippen LogP contribution < -0.4 is 10.1 Å². The van der Waals surface area contributed by atoms with E-state index >= 15 is 0 Å². The summed E-state index contributed by atoms with van der Waals surface area (Å²) < 4.78 is 7.46. The van der Waals surface area contributed by atoms with E-state index in [9.17, 15) is 9.90 Å². The summed E-state index contributed by atoms with van der Waals surface area (Å²) in [4.78, 5) is 17.2. The van der Waals surface area contributed by atoms with Crippen LogP contribution in [-0.2, 0) is 10.5 Å². The minimum absolute atomic E-state index is 0.00920. The third kappa shape index (κ3) is 4.24. The highest BCUT2D eigenvalue weighted by molar-refractivity contribution is 9.10. The van der Waals surface area contributed by atoms with Gasteiger partial charge in [0.25, 0.3) is 0 Å². The van der Waals surface area contributed by atoms with Crippen molar-refractivity contribution >= 4 is 51.0 Å². The lowest BCUT2D eigenvalue weighted by atomic mass is 9.93. The van der Waals surface area contributed by atoms with Gasteiger partial charge in [-0.2, -0.15) is 4.98 Å². The molecule has 0 saturated heterocycles. The number of fused-ring (bicyclic) bond motifs is 1. The smallest absolute Gasteiger partial charge is 0.227 e. The number of halogens is 2. The molecule has 1 atom stereocenters. The molecule has 2 aromatic carbocycles. The Labute approximate surface area is 203 Å². The molecule has 0 aliphatic carbocycles. The molecule has 2 N–H and O–H groups in total. The van der Waals surface area contributed by atoms with Crippen LogP contribution in [0.4, 0.5) is 5.95 Å². The summed E-state index contributed by atoms with van der Waals surface area (Å²) in [6.45, 7) is 3.36. The molecule has 1 unspecified atom stereocenters. The third-order valence-electron chi connectivity index (χ3n) is 5.11. The predicted octanol–water partition coefficient (Wildman–Crippen LogP) is 5.58. The number of Topliss-reactive ketones (excluding diaryl/α,β-unsaturated/α-hetero) is 1. The van der Waals surface area contributed by atoms with Crippen molar-refractivity contribution < 1.29 is 14.6 Å². The molecule has 0 amide bonds. The van der Waals surface area contributed by atoms with Gasteiger partial charge in [0.2, 0.25) is 11.1 Å². The van der Waals surface area contributed by atoms with Gasteiger partial charge < -0.3 is 15.2 Å². The van der Waals surface area contributed by atoms with Crippen LogP contribution in [-0.4, -0.2) is 32.8 Å². The van der Waals surface area contributed by atoms with E-state index in [0.717, 1.165) is 11.1 Å². The molecule has 3 aromatic rings. The van der Waals surface area contributed by atoms with Crippen molar-refractivity contribution in [2.45, 2.75) is 30.8 Å². The zero-order chi connectivity index (χ0) is 23.0. The number of rotatable bonds is 6. The molecule has 10 heteroatoms. The van der Waals surface area contributed by atoms with Crippen molar-refractivity contribution in [2.75, 3.05) is 12.4 Å². The van der Waals surface area contributed by atoms with Crippen molar-refractivity contribution in [1.82, 2.24) is 14.8 Å². The highest BCUT2D eigenvalue weighted by Crippen LogP contribution is 2.42. The summed E-state index contributed by atoms with van der Waals surface area (Å²) in [6, 6.07) is 10.6. The molecule has 1 aliphatic rings. The van der Waals surface area contributed by atoms with Gasteiger partial charge in [0, 0.05) is 22.0 Å². The van der Waals surface area contributed by atoms with Crippen LogP contribution in [0.2, 0.25) is 5.02 Å². The number of aromatic nitrogens is 3. The molecule has 32 heavy (non-hydrogen) atoms. The zero-order valence-electron chi connectivity index (χ0n) is 17.5. The first-order valence-electron chi connectivity index (χ1n) is 9.68. The summed E-state index contributed by atoms with van der Waals surface area (Å²) in [5.74, 6) is 1.34. The van der Waals surface area contributed by atoms with Crippen molar-refractivity contribution in [3.8, 4) is 11.5 Å². The quantitative estimate of drug-likeness (QED) is 0.398. The van der Waals surface area contributed by atoms with E-state index in [1.807, 2.05) is 31.2 Å². The lowest BCUT2D eigenvalue weighted by Crippen LogP contribution is -2.27. The highest BCUT2D eigenvalue weighted by atomic mass is 79.9. The summed E-state index contributed by atoms with van der Waals surface area (Å²) >= 11 is 11.1. The topological polar surface area (TPSA) is 89.3 Å². The Balaban J connectivity index is 1.75. The Morgan fingerprint density at radius 3 is 2.81 bits per heavy atom. The third-order valence-corrected chi connectivity index (χ3v) is 6.97. The minimum atomic E-state index is -0.531. The Hall–Kier alpha value is -2.49. The van der Waals surface area contributed by atoms with Crippen LogP contribution in [0.25, 0.3) is 0 Å². The van der Waals surface area contributed by atoms with Gasteiger partial charge in [-0.15, -0.1) is 5.10 Å². The normalized spacial score (nSPS) is 15.3. The maximum Gasteiger partial charge on any atom is 0.227 e. The first-order valence-corrected chi connectivity index (χ1v) is 11.8. The Morgan fingerprint density at radius 2 is 2.12 bits per heavy atom. The number of carbonyl (C=O) groups is 1. The van der Waals surface area contributed by atoms with Gasteiger partial charge in [0.15, 0.2) is 17.3 Å². The summed E-state index contributed by atoms with van der Waals surface area (Å²) in [6.07, 6.45) is 0. The average molecular weight is 536 g/mol. The first kappa shape index (κ1) is 22.7. The molecule has 166 valence electrons. The number of nitrogens with zero attached hydrogens (tertiary/aromatic N) is 3. The molecule has 4 rings (SSSR count). The summed E-state index contributed by atoms with van der Waals surface area (Å²) in [5.41, 5.74) is 2.98. The number of ketones is 1. The number of phenols is 1. The standard InChI is InChI=1S/C22H20BrClN4O3S/c1-11-18(12(2)29)19(14-8-15(23)20(30)17(9-14)31-3)28-21(25-11)26-22(27-28)32-10-13-6-4-5-7-16(13)24/h4-9,19,30H,10H2,1-3H3,(H,25,26,27). The molecule has 0 radical (unpaired) electrons. The number of nitrogens with one attached hydrogen (secondary N) is 1. The highest BCUT2D eigenvalue weighted by Gasteiger charge is 2.33. The van der Waals surface area contributed by atoms with Crippen molar-refractivity contribution in [2.24, 2.45) is 0 Å². The maximum absolute atomic E-state index is 12.6. The van der Waals surface area contributed by atoms with Crippen LogP contribution in [0.5, 0.6) is 11.5 Å². The second kappa shape index (κ2) is 9.17. The van der Waals surface area contributed by atoms with E-state index in [1.165, 1.54) is 25.8 Å². The lowest BCUT2D eigenvalue weighted by molar-refractivity contribution is -0.114. The number of hydrogen-bond donors (Lipinski definition) is 2. The van der Waals surface area contributed by atoms with Gasteiger partial charge in [-0.05, 0) is 59.1 Å². The molecular formula is C22H20BrClN4O3S. The second-order valence-electron chi connectivity index (χ2n) is 7.22. The zero-order valence-corrected chi connectivity index (χ0v) is 20.7. The van der Waals surface area contributed by atoms with Crippen LogP contribution in [0.3, 0.4) is 0 Å². The lowest BCUT2D eigenvalue weighted by Gasteiger charge is -2.28. The monoisotopic (exact) mass is 534 g/mol. The number of phenolic OH excluding ortho intramolecular Hbond substituents is 1. The van der Waals surface area contributed by atoms with E-state index in [2.05, 4.69) is 31.3 Å². The van der Waals surface area contributed by atoms with Crippen LogP contribution >= 0.6 is 39.3 Å². The summed E-state index contributed by atoms with van der Waals surface area (Å²) in [7, 11) is 1.48. The fourth-order valence-electron chi connectivity index (χ4n) is 3.62. The van der Waals surface area contributed by atoms with Gasteiger partial charge in [0.05, 0.1) is 11.6 Å². The average Bonchev–Trinajstić information content (AvgIpc) is 3.16. The van der Waals surface area contributed by atoms with Gasteiger partial charge in [-0.1, -0.05) is 41.6 Å². The van der Waals surface area contributed by atoms with E-state index < -0.39 is 6.04 Å². The molecule has 0 saturated carbocycles. The number of ether oxygens (including phenoxy) is 1. The number of anilines is 1. The Morgan fingerprint density at radius 1 is 1.38 bits per heavy atom. The SMILES string of the molecule is COc1cc(C2C(C(C)=O)=C(C)Nc3nc(SCc4ccccc4Cl)nn32)cc(Br)c1O. The molecule has 1 aromatic heterocycles. The molecule has 0 fully saturated rings. The van der Waals surface area contributed by atoms with Gasteiger partial charge in [-0.25, -0.2) is 4.68 Å². The molecule has 1 aliphatic heterocycles. The van der Waals surface area contributed by atoms with Crippen LogP contribution in [0.15, 0.2) is 57.3 Å². The largest absolute Gasteiger partial charge is 0.503 e. The minimum Gasteiger partial charge on any atom is -0.503 e. The number of benzene rings is 2. The number of allylic oxidation sites excluding steroid dienone is 2. The van der Waals surface area contributed by atoms with Gasteiger partial charge in [0.1, 0.15) is 6.04 Å². The van der Waals surface area contributed by atoms with E-state index in [1.54, 1.807) is 16.8 Å². The fraction of sp³-hybridized carbons (Fsp3) is 0.227. The molecule has 0 spiro atoms. The van der Waals surface area contributed by atoms with E-state index in [0.29, 0.717) is 43.4 Å². The molecule has 0 bridgehead atoms. The molecular weight excluding hydrogens is 516 g/mol. The number of hydrogen-bond acceptors (Lipinski definition) is 7. The summed E-state index contributed by atoms with van der Waals surface area (Å²) in [5, 5.41) is 19.4. The number of thioether (sulfide) groups is 1. The predicted molar refractivity (Wildman–Crippen MR) is 129 cm³/mol. The van der Waals surface area contributed by atoms with Crippen molar-refractivity contribution in [3.05, 3.63) is 68.3 Å². The van der Waals surface area contributed by atoms with Gasteiger partial charge in [-0.3, -0.25) is 4.79 Å². The van der Waals surface area contributed by atoms with Crippen LogP contribution in [0.1, 0.15) is 31.0 Å². The van der Waals surface area contributed by atoms with E-state index in [4.69, 9.17) is 16.3 Å². The molecule has 2 heterocycles. The number of methoxy groups -OCH3 is 1. The number of aromatic hydroxyl groups is 1. The Kier molecular flexibility index (Phi) is 6.50. The first-order chi connectivity index (χ1) is 15.3. The molecule has 7 nitrogen and oxygen atoms in total. The fourth-order valence-corrected chi connectivity index (χ4v) is 5.20. The van der Waals surface area contributed by atoms with Crippen molar-refractivity contribution in [3.63, 3.8) is 0 Å². The Bertz CT molecular complexity index is 1240. The number of carbonyl (C=O) groups excluding carboxylic acids is 1. The van der Waals surface area contributed by atoms with E-state index in [-0.39, 0.29) is 11.5 Å². The van der Waals surface area contributed by atoms with Crippen LogP contribution in [0, 0.1) is 0 Å².